The molecule has 0 spiro atoms. The molecule has 0 unspecified atom stereocenters. The topological polar surface area (TPSA) is 26.0 Å². The molecule has 0 aliphatic carbocycles. The minimum absolute atomic E-state index is 0. The van der Waals surface area contributed by atoms with Crippen molar-refractivity contribution in [1.82, 2.24) is 0 Å². The first kappa shape index (κ1) is 10.6. The zero-order chi connectivity index (χ0) is 4.83. The number of hydrogen-bond acceptors (Lipinski definition) is 1. The van der Waals surface area contributed by atoms with E-state index in [0.717, 1.165) is 6.54 Å². The molecule has 0 atom stereocenters. The minimum atomic E-state index is 0. The van der Waals surface area contributed by atoms with Gasteiger partial charge in [-0.2, -0.15) is 0 Å². The van der Waals surface area contributed by atoms with Gasteiger partial charge in [0.15, 0.2) is 0 Å². The quantitative estimate of drug-likeness (QED) is 0.769. The molecule has 0 amide bonds. The number of hydrogen-bond donors (Lipinski definition) is 1. The van der Waals surface area contributed by atoms with E-state index in [0.29, 0.717) is 0 Å². The molecule has 7 heavy (non-hydrogen) atoms. The number of nitrogens with two attached hydrogens (primary N) is 1. The van der Waals surface area contributed by atoms with Crippen LogP contribution < -0.4 is 5.73 Å². The third kappa shape index (κ3) is 10.8. The predicted octanol–water partition coefficient (Wildman–Crippen LogP) is 1.13. The molecule has 0 heterocycles. The van der Waals surface area contributed by atoms with Crippen molar-refractivity contribution in [1.29, 1.82) is 0 Å². The van der Waals surface area contributed by atoms with E-state index < -0.39 is 0 Å². The third-order valence-electron chi connectivity index (χ3n) is 0.808. The Kier molecular flexibility index (Phi) is 14.7. The van der Waals surface area contributed by atoms with Crippen LogP contribution in [0.5, 0.6) is 0 Å². The van der Waals surface area contributed by atoms with E-state index in [2.05, 4.69) is 6.92 Å². The Balaban J connectivity index is 0. The molecular weight excluding hydrogens is 264 g/mol. The van der Waals surface area contributed by atoms with Crippen molar-refractivity contribution in [3.05, 3.63) is 0 Å². The maximum Gasteiger partial charge on any atom is 0 e. The van der Waals surface area contributed by atoms with E-state index in [9.17, 15) is 0 Å². The van der Waals surface area contributed by atoms with E-state index >= 15 is 0 Å². The van der Waals surface area contributed by atoms with Crippen molar-refractivity contribution in [3.63, 3.8) is 0 Å². The summed E-state index contributed by atoms with van der Waals surface area (Å²) >= 11 is 0. The Hall–Kier alpha value is 0.596. The van der Waals surface area contributed by atoms with Gasteiger partial charge >= 0.3 is 0 Å². The standard InChI is InChI=1S/C5H13N.Os/c1-2-3-4-5-6;/h2-6H2,1H3;. The van der Waals surface area contributed by atoms with Crippen molar-refractivity contribution < 1.29 is 19.8 Å². The van der Waals surface area contributed by atoms with Gasteiger partial charge in [0.25, 0.3) is 0 Å². The second kappa shape index (κ2) is 9.78. The fraction of sp³-hybridized carbons (Fsp3) is 1.00. The zero-order valence-electron chi connectivity index (χ0n) is 4.76. The summed E-state index contributed by atoms with van der Waals surface area (Å²) in [7, 11) is 0. The van der Waals surface area contributed by atoms with Gasteiger partial charge in [-0.05, 0) is 13.0 Å². The summed E-state index contributed by atoms with van der Waals surface area (Å²) in [6.07, 6.45) is 3.75. The maximum atomic E-state index is 5.21. The SMILES string of the molecule is CCCCCN.[Os]. The summed E-state index contributed by atoms with van der Waals surface area (Å²) in [5, 5.41) is 0. The average Bonchev–Trinajstić information content (AvgIpc) is 1.61. The first-order chi connectivity index (χ1) is 2.91. The predicted molar refractivity (Wildman–Crippen MR) is 28.6 cm³/mol. The van der Waals surface area contributed by atoms with Gasteiger partial charge in [0.2, 0.25) is 0 Å². The maximum absolute atomic E-state index is 5.21. The van der Waals surface area contributed by atoms with Gasteiger partial charge in [0.1, 0.15) is 0 Å². The monoisotopic (exact) mass is 279 g/mol. The van der Waals surface area contributed by atoms with Gasteiger partial charge in [-0.3, -0.25) is 0 Å². The third-order valence-corrected chi connectivity index (χ3v) is 0.808. The summed E-state index contributed by atoms with van der Waals surface area (Å²) in [4.78, 5) is 0. The molecule has 46 valence electrons. The van der Waals surface area contributed by atoms with Crippen molar-refractivity contribution in [2.24, 2.45) is 5.73 Å². The second-order valence-electron chi connectivity index (χ2n) is 1.50. The Morgan fingerprint density at radius 3 is 2.00 bits per heavy atom. The summed E-state index contributed by atoms with van der Waals surface area (Å²) in [6, 6.07) is 0. The summed E-state index contributed by atoms with van der Waals surface area (Å²) < 4.78 is 0. The van der Waals surface area contributed by atoms with Crippen molar-refractivity contribution >= 4 is 0 Å². The average molecular weight is 277 g/mol. The molecule has 0 aliphatic rings. The molecular formula is C5H13NOs. The van der Waals surface area contributed by atoms with Crippen molar-refractivity contribution in [2.75, 3.05) is 6.54 Å². The largest absolute Gasteiger partial charge is 0.330 e. The van der Waals surface area contributed by atoms with Crippen LogP contribution in [-0.4, -0.2) is 6.54 Å². The summed E-state index contributed by atoms with van der Waals surface area (Å²) in [5.41, 5.74) is 5.21. The van der Waals surface area contributed by atoms with Gasteiger partial charge in [-0.1, -0.05) is 19.8 Å². The Morgan fingerprint density at radius 2 is 1.86 bits per heavy atom. The van der Waals surface area contributed by atoms with Crippen LogP contribution in [0, 0.1) is 0 Å². The number of rotatable bonds is 3. The molecule has 0 radical (unpaired) electrons. The van der Waals surface area contributed by atoms with Crippen LogP contribution >= 0.6 is 0 Å². The van der Waals surface area contributed by atoms with Crippen LogP contribution in [0.4, 0.5) is 0 Å². The minimum Gasteiger partial charge on any atom is -0.330 e. The molecule has 0 saturated carbocycles. The fourth-order valence-corrected chi connectivity index (χ4v) is 0.394. The van der Waals surface area contributed by atoms with E-state index in [-0.39, 0.29) is 19.8 Å². The molecule has 0 saturated heterocycles. The van der Waals surface area contributed by atoms with Crippen LogP contribution in [0.1, 0.15) is 26.2 Å². The van der Waals surface area contributed by atoms with Crippen LogP contribution in [0.3, 0.4) is 0 Å². The summed E-state index contributed by atoms with van der Waals surface area (Å²) in [6.45, 7) is 3.03. The van der Waals surface area contributed by atoms with Crippen LogP contribution in [-0.2, 0) is 19.8 Å². The van der Waals surface area contributed by atoms with Crippen LogP contribution in [0.15, 0.2) is 0 Å². The van der Waals surface area contributed by atoms with Gasteiger partial charge in [-0.25, -0.2) is 0 Å². The summed E-state index contributed by atoms with van der Waals surface area (Å²) in [5.74, 6) is 0. The van der Waals surface area contributed by atoms with E-state index in [1.54, 1.807) is 0 Å². The van der Waals surface area contributed by atoms with Gasteiger partial charge in [0, 0.05) is 19.8 Å². The van der Waals surface area contributed by atoms with Gasteiger partial charge in [0.05, 0.1) is 0 Å². The van der Waals surface area contributed by atoms with Crippen molar-refractivity contribution in [3.8, 4) is 0 Å². The van der Waals surface area contributed by atoms with Gasteiger partial charge in [-0.15, -0.1) is 0 Å². The molecule has 2 heteroatoms. The molecule has 0 fully saturated rings. The molecule has 0 bridgehead atoms. The molecule has 0 rings (SSSR count). The van der Waals surface area contributed by atoms with Gasteiger partial charge < -0.3 is 5.73 Å². The van der Waals surface area contributed by atoms with Crippen LogP contribution in [0.2, 0.25) is 0 Å². The first-order valence-electron chi connectivity index (χ1n) is 2.62. The van der Waals surface area contributed by atoms with E-state index in [4.69, 9.17) is 5.73 Å². The van der Waals surface area contributed by atoms with E-state index in [1.165, 1.54) is 19.3 Å². The normalized spacial score (nSPS) is 7.71. The smallest absolute Gasteiger partial charge is 0 e. The molecule has 0 aromatic carbocycles. The molecule has 0 aliphatic heterocycles. The zero-order valence-corrected chi connectivity index (χ0v) is 7.30. The van der Waals surface area contributed by atoms with Crippen LogP contribution in [0.25, 0.3) is 0 Å². The first-order valence-corrected chi connectivity index (χ1v) is 2.62. The molecule has 1 nitrogen and oxygen atoms in total. The van der Waals surface area contributed by atoms with E-state index in [1.807, 2.05) is 0 Å². The number of unbranched alkanes of at least 4 members (excludes halogenated alkanes) is 2. The second-order valence-corrected chi connectivity index (χ2v) is 1.50. The Labute approximate surface area is 58.7 Å². The fourth-order valence-electron chi connectivity index (χ4n) is 0.394. The molecule has 0 aromatic heterocycles. The molecule has 0 aromatic rings. The Bertz CT molecular complexity index is 20.0. The van der Waals surface area contributed by atoms with Crippen molar-refractivity contribution in [2.45, 2.75) is 26.2 Å². The Morgan fingerprint density at radius 1 is 1.29 bits per heavy atom. The molecule has 2 N–H and O–H groups in total.